The highest BCUT2D eigenvalue weighted by Gasteiger charge is 2.28. The fourth-order valence-corrected chi connectivity index (χ4v) is 2.48. The quantitative estimate of drug-likeness (QED) is 0.668. The maximum absolute atomic E-state index is 11.0. The molecule has 0 aliphatic carbocycles. The van der Waals surface area contributed by atoms with Crippen LogP contribution in [-0.4, -0.2) is 34.7 Å². The predicted molar refractivity (Wildman–Crippen MR) is 71.2 cm³/mol. The molecule has 0 atom stereocenters. The Morgan fingerprint density at radius 1 is 1.37 bits per heavy atom. The zero-order valence-electron chi connectivity index (χ0n) is 10.2. The maximum Gasteiger partial charge on any atom is 0.277 e. The van der Waals surface area contributed by atoms with E-state index in [9.17, 15) is 10.1 Å². The van der Waals surface area contributed by atoms with Crippen LogP contribution in [0.1, 0.15) is 0 Å². The van der Waals surface area contributed by atoms with Gasteiger partial charge >= 0.3 is 0 Å². The van der Waals surface area contributed by atoms with Gasteiger partial charge in [0.2, 0.25) is 0 Å². The van der Waals surface area contributed by atoms with Gasteiger partial charge in [-0.2, -0.15) is 0 Å². The lowest BCUT2D eigenvalue weighted by Gasteiger charge is -2.40. The lowest BCUT2D eigenvalue weighted by atomic mass is 9.98. The van der Waals surface area contributed by atoms with Crippen LogP contribution in [0, 0.1) is 16.0 Å². The number of nitrogens with zero attached hydrogens (tertiary/aromatic N) is 3. The van der Waals surface area contributed by atoms with Crippen molar-refractivity contribution in [2.24, 2.45) is 5.92 Å². The molecule has 0 unspecified atom stereocenters. The monoisotopic (exact) mass is 259 g/mol. The number of hydrogen-bond acceptors (Lipinski definition) is 5. The molecule has 0 radical (unpaired) electrons. The van der Waals surface area contributed by atoms with E-state index in [1.165, 1.54) is 6.07 Å². The summed E-state index contributed by atoms with van der Waals surface area (Å²) in [6.45, 7) is 1.73. The summed E-state index contributed by atoms with van der Waals surface area (Å²) >= 11 is 0. The fraction of sp³-hybridized carbons (Fsp3) is 0.308. The Labute approximate surface area is 109 Å². The molecule has 6 heteroatoms. The van der Waals surface area contributed by atoms with Gasteiger partial charge in [0.25, 0.3) is 5.69 Å². The first-order chi connectivity index (χ1) is 9.20. The predicted octanol–water partition coefficient (Wildman–Crippen LogP) is 1.57. The third-order valence-electron chi connectivity index (χ3n) is 3.52. The average molecular weight is 259 g/mol. The highest BCUT2D eigenvalue weighted by atomic mass is 16.6. The third-order valence-corrected chi connectivity index (χ3v) is 3.52. The number of fused-ring (bicyclic) bond motifs is 1. The van der Waals surface area contributed by atoms with E-state index in [0.29, 0.717) is 11.3 Å². The standard InChI is InChI=1S/C13H13N3O3/c17-8-9-6-15(7-9)12-1-2-13(16(18)19)10-3-4-14-5-11(10)12/h1-5,9,17H,6-8H2. The minimum atomic E-state index is -0.376. The molecule has 1 aliphatic rings. The summed E-state index contributed by atoms with van der Waals surface area (Å²) in [5.74, 6) is 0.293. The first-order valence-corrected chi connectivity index (χ1v) is 6.07. The minimum absolute atomic E-state index is 0.0976. The molecule has 1 N–H and O–H groups in total. The number of non-ortho nitro benzene ring substituents is 1. The molecular formula is C13H13N3O3. The fourth-order valence-electron chi connectivity index (χ4n) is 2.48. The highest BCUT2D eigenvalue weighted by Crippen LogP contribution is 2.35. The highest BCUT2D eigenvalue weighted by molar-refractivity contribution is 5.99. The zero-order chi connectivity index (χ0) is 13.4. The Morgan fingerprint density at radius 2 is 2.16 bits per heavy atom. The summed E-state index contributed by atoms with van der Waals surface area (Å²) in [6.07, 6.45) is 3.22. The summed E-state index contributed by atoms with van der Waals surface area (Å²) in [7, 11) is 0. The third kappa shape index (κ3) is 1.90. The van der Waals surface area contributed by atoms with E-state index < -0.39 is 0 Å². The van der Waals surface area contributed by atoms with Gasteiger partial charge in [0, 0.05) is 55.1 Å². The van der Waals surface area contributed by atoms with Crippen LogP contribution in [0.3, 0.4) is 0 Å². The van der Waals surface area contributed by atoms with Crippen molar-refractivity contribution >= 4 is 22.1 Å². The molecule has 0 amide bonds. The Morgan fingerprint density at radius 3 is 2.84 bits per heavy atom. The first kappa shape index (κ1) is 11.9. The molecule has 0 spiro atoms. The molecule has 2 heterocycles. The zero-order valence-corrected chi connectivity index (χ0v) is 10.2. The number of pyridine rings is 1. The molecule has 1 aromatic heterocycles. The molecule has 1 saturated heterocycles. The first-order valence-electron chi connectivity index (χ1n) is 6.07. The molecule has 98 valence electrons. The Hall–Kier alpha value is -2.21. The molecule has 3 rings (SSSR count). The number of aliphatic hydroxyl groups is 1. The summed E-state index contributed by atoms with van der Waals surface area (Å²) in [5.41, 5.74) is 1.04. The lowest BCUT2D eigenvalue weighted by molar-refractivity contribution is -0.383. The Bertz CT molecular complexity index is 638. The van der Waals surface area contributed by atoms with Gasteiger partial charge in [-0.25, -0.2) is 0 Å². The SMILES string of the molecule is O=[N+]([O-])c1ccc(N2CC(CO)C2)c2cnccc12. The van der Waals surface area contributed by atoms with Gasteiger partial charge in [-0.05, 0) is 12.1 Å². The minimum Gasteiger partial charge on any atom is -0.396 e. The second-order valence-electron chi connectivity index (χ2n) is 4.74. The van der Waals surface area contributed by atoms with Gasteiger partial charge in [-0.3, -0.25) is 15.1 Å². The van der Waals surface area contributed by atoms with Crippen LogP contribution < -0.4 is 4.90 Å². The molecule has 19 heavy (non-hydrogen) atoms. The van der Waals surface area contributed by atoms with Crippen molar-refractivity contribution in [3.8, 4) is 0 Å². The van der Waals surface area contributed by atoms with Crippen LogP contribution in [0.15, 0.2) is 30.6 Å². The van der Waals surface area contributed by atoms with E-state index >= 15 is 0 Å². The molecule has 1 fully saturated rings. The second-order valence-corrected chi connectivity index (χ2v) is 4.74. The largest absolute Gasteiger partial charge is 0.396 e. The molecular weight excluding hydrogens is 246 g/mol. The van der Waals surface area contributed by atoms with Gasteiger partial charge in [0.05, 0.1) is 10.3 Å². The summed E-state index contributed by atoms with van der Waals surface area (Å²) < 4.78 is 0. The van der Waals surface area contributed by atoms with Gasteiger partial charge in [-0.15, -0.1) is 0 Å². The van der Waals surface area contributed by atoms with Crippen LogP contribution in [0.25, 0.3) is 10.8 Å². The van der Waals surface area contributed by atoms with E-state index in [0.717, 1.165) is 24.2 Å². The molecule has 0 saturated carbocycles. The van der Waals surface area contributed by atoms with Gasteiger partial charge in [0.1, 0.15) is 0 Å². The summed E-state index contributed by atoms with van der Waals surface area (Å²) in [5, 5.41) is 21.5. The Kier molecular flexibility index (Phi) is 2.79. The number of nitro groups is 1. The average Bonchev–Trinajstić information content (AvgIpc) is 2.37. The van der Waals surface area contributed by atoms with Crippen LogP contribution in [-0.2, 0) is 0 Å². The molecule has 2 aromatic rings. The van der Waals surface area contributed by atoms with Gasteiger partial charge < -0.3 is 10.0 Å². The van der Waals surface area contributed by atoms with Gasteiger partial charge in [-0.1, -0.05) is 0 Å². The number of rotatable bonds is 3. The topological polar surface area (TPSA) is 79.5 Å². The lowest BCUT2D eigenvalue weighted by Crippen LogP contribution is -2.48. The van der Waals surface area contributed by atoms with Crippen LogP contribution >= 0.6 is 0 Å². The number of anilines is 1. The van der Waals surface area contributed by atoms with Crippen molar-refractivity contribution in [3.05, 3.63) is 40.7 Å². The number of benzene rings is 1. The van der Waals surface area contributed by atoms with Crippen molar-refractivity contribution < 1.29 is 10.0 Å². The van der Waals surface area contributed by atoms with Crippen LogP contribution in [0.4, 0.5) is 11.4 Å². The van der Waals surface area contributed by atoms with Crippen molar-refractivity contribution in [2.45, 2.75) is 0 Å². The van der Waals surface area contributed by atoms with E-state index in [1.54, 1.807) is 24.5 Å². The van der Waals surface area contributed by atoms with Crippen LogP contribution in [0.2, 0.25) is 0 Å². The van der Waals surface area contributed by atoms with Gasteiger partial charge in [0.15, 0.2) is 0 Å². The normalized spacial score (nSPS) is 15.5. The van der Waals surface area contributed by atoms with Crippen molar-refractivity contribution in [2.75, 3.05) is 24.6 Å². The van der Waals surface area contributed by atoms with E-state index in [2.05, 4.69) is 9.88 Å². The summed E-state index contributed by atoms with van der Waals surface area (Å²) in [6, 6.07) is 4.96. The van der Waals surface area contributed by atoms with Crippen molar-refractivity contribution in [1.29, 1.82) is 0 Å². The molecule has 1 aliphatic heterocycles. The number of nitro benzene ring substituents is 1. The Balaban J connectivity index is 2.07. The molecule has 6 nitrogen and oxygen atoms in total. The van der Waals surface area contributed by atoms with E-state index in [1.807, 2.05) is 0 Å². The van der Waals surface area contributed by atoms with E-state index in [4.69, 9.17) is 5.11 Å². The van der Waals surface area contributed by atoms with Crippen LogP contribution in [0.5, 0.6) is 0 Å². The van der Waals surface area contributed by atoms with Crippen molar-refractivity contribution in [3.63, 3.8) is 0 Å². The summed E-state index contributed by atoms with van der Waals surface area (Å²) in [4.78, 5) is 16.8. The second kappa shape index (κ2) is 4.47. The smallest absolute Gasteiger partial charge is 0.277 e. The number of hydrogen-bond donors (Lipinski definition) is 1. The van der Waals surface area contributed by atoms with Crippen molar-refractivity contribution in [1.82, 2.24) is 4.98 Å². The number of aromatic nitrogens is 1. The maximum atomic E-state index is 11.0. The number of aliphatic hydroxyl groups excluding tert-OH is 1. The molecule has 0 bridgehead atoms. The molecule has 1 aromatic carbocycles. The van der Waals surface area contributed by atoms with E-state index in [-0.39, 0.29) is 17.2 Å².